The number of hydrogen-bond acceptors (Lipinski definition) is 4. The number of hydrogen-bond donors (Lipinski definition) is 2. The summed E-state index contributed by atoms with van der Waals surface area (Å²) in [7, 11) is 3.46. The number of nitrogens with zero attached hydrogens (tertiary/aromatic N) is 2. The molecule has 2 amide bonds. The van der Waals surface area contributed by atoms with Crippen molar-refractivity contribution in [3.05, 3.63) is 48.0 Å². The molecule has 2 N–H and O–H groups in total. The van der Waals surface area contributed by atoms with Gasteiger partial charge in [0.15, 0.2) is 0 Å². The minimum atomic E-state index is -0.549. The molecule has 1 heterocycles. The summed E-state index contributed by atoms with van der Waals surface area (Å²) in [5.74, 6) is 0.909. The van der Waals surface area contributed by atoms with Crippen LogP contribution in [0.25, 0.3) is 0 Å². The molecule has 0 saturated heterocycles. The summed E-state index contributed by atoms with van der Waals surface area (Å²) in [6.07, 6.45) is 3.49. The van der Waals surface area contributed by atoms with Crippen LogP contribution in [0.3, 0.4) is 0 Å². The van der Waals surface area contributed by atoms with E-state index in [0.29, 0.717) is 11.6 Å². The van der Waals surface area contributed by atoms with Gasteiger partial charge in [0.25, 0.3) is 0 Å². The van der Waals surface area contributed by atoms with Crippen LogP contribution in [0, 0.1) is 5.41 Å². The highest BCUT2D eigenvalue weighted by Crippen LogP contribution is 2.24. The van der Waals surface area contributed by atoms with Gasteiger partial charge in [-0.3, -0.25) is 9.59 Å². The first-order valence-corrected chi connectivity index (χ1v) is 8.41. The van der Waals surface area contributed by atoms with E-state index < -0.39 is 11.5 Å². The van der Waals surface area contributed by atoms with Gasteiger partial charge >= 0.3 is 0 Å². The smallest absolute Gasteiger partial charge is 0.240 e. The molecule has 0 aliphatic rings. The van der Waals surface area contributed by atoms with Gasteiger partial charge in [-0.25, -0.2) is 4.98 Å². The minimum absolute atomic E-state index is 0.0962. The maximum atomic E-state index is 12.4. The Morgan fingerprint density at radius 3 is 2.62 bits per heavy atom. The standard InChI is InChI=1S/C19H26N4O3/c1-19(2,3)18(25)21-12-15(24)22-16(17-20-9-10-23(17)4)13-7-6-8-14(11-13)26-5/h6-11,16H,12H2,1-5H3,(H,21,25)(H,22,24). The Bertz CT molecular complexity index is 777. The number of carbonyl (C=O) groups is 2. The Balaban J connectivity index is 2.19. The second kappa shape index (κ2) is 8.03. The predicted octanol–water partition coefficient (Wildman–Crippen LogP) is 1.80. The van der Waals surface area contributed by atoms with E-state index in [1.807, 2.05) is 42.1 Å². The van der Waals surface area contributed by atoms with Crippen molar-refractivity contribution in [3.63, 3.8) is 0 Å². The molecule has 7 nitrogen and oxygen atoms in total. The highest BCUT2D eigenvalue weighted by molar-refractivity contribution is 5.87. The van der Waals surface area contributed by atoms with Crippen molar-refractivity contribution in [2.75, 3.05) is 13.7 Å². The Morgan fingerprint density at radius 2 is 2.04 bits per heavy atom. The number of aryl methyl sites for hydroxylation is 1. The van der Waals surface area contributed by atoms with E-state index in [-0.39, 0.29) is 18.4 Å². The Hall–Kier alpha value is -2.83. The summed E-state index contributed by atoms with van der Waals surface area (Å²) >= 11 is 0. The molecule has 1 atom stereocenters. The van der Waals surface area contributed by atoms with Crippen molar-refractivity contribution < 1.29 is 14.3 Å². The summed E-state index contributed by atoms with van der Waals surface area (Å²) in [5, 5.41) is 5.60. The van der Waals surface area contributed by atoms with Crippen LogP contribution in [0.4, 0.5) is 0 Å². The van der Waals surface area contributed by atoms with Crippen molar-refractivity contribution in [1.29, 1.82) is 0 Å². The largest absolute Gasteiger partial charge is 0.497 e. The van der Waals surface area contributed by atoms with Crippen LogP contribution >= 0.6 is 0 Å². The average molecular weight is 358 g/mol. The molecule has 2 aromatic rings. The zero-order valence-corrected chi connectivity index (χ0v) is 15.9. The lowest BCUT2D eigenvalue weighted by Gasteiger charge is -2.21. The normalized spacial score (nSPS) is 12.3. The summed E-state index contributed by atoms with van der Waals surface area (Å²) in [4.78, 5) is 28.7. The van der Waals surface area contributed by atoms with Gasteiger partial charge in [-0.15, -0.1) is 0 Å². The fraction of sp³-hybridized carbons (Fsp3) is 0.421. The number of carbonyl (C=O) groups excluding carboxylic acids is 2. The molecule has 1 aromatic heterocycles. The van der Waals surface area contributed by atoms with Gasteiger partial charge in [0.1, 0.15) is 17.6 Å². The molecule has 0 saturated carbocycles. The van der Waals surface area contributed by atoms with Gasteiger partial charge in [-0.2, -0.15) is 0 Å². The zero-order valence-electron chi connectivity index (χ0n) is 15.9. The van der Waals surface area contributed by atoms with Crippen molar-refractivity contribution >= 4 is 11.8 Å². The first kappa shape index (κ1) is 19.5. The van der Waals surface area contributed by atoms with Crippen molar-refractivity contribution in [3.8, 4) is 5.75 Å². The molecule has 0 aliphatic carbocycles. The van der Waals surface area contributed by atoms with Gasteiger partial charge < -0.3 is 19.9 Å². The fourth-order valence-electron chi connectivity index (χ4n) is 2.41. The average Bonchev–Trinajstić information content (AvgIpc) is 3.02. The quantitative estimate of drug-likeness (QED) is 0.824. The van der Waals surface area contributed by atoms with Crippen LogP contribution in [0.15, 0.2) is 36.7 Å². The second-order valence-corrected chi connectivity index (χ2v) is 7.11. The lowest BCUT2D eigenvalue weighted by Crippen LogP contribution is -2.43. The molecule has 140 valence electrons. The maximum absolute atomic E-state index is 12.4. The predicted molar refractivity (Wildman–Crippen MR) is 98.7 cm³/mol. The first-order valence-electron chi connectivity index (χ1n) is 8.41. The molecule has 2 rings (SSSR count). The van der Waals surface area contributed by atoms with E-state index in [4.69, 9.17) is 4.74 Å². The molecular weight excluding hydrogens is 332 g/mol. The highest BCUT2D eigenvalue weighted by Gasteiger charge is 2.24. The summed E-state index contributed by atoms with van der Waals surface area (Å²) in [6, 6.07) is 7.00. The number of benzene rings is 1. The topological polar surface area (TPSA) is 85.2 Å². The fourth-order valence-corrected chi connectivity index (χ4v) is 2.41. The Morgan fingerprint density at radius 1 is 1.31 bits per heavy atom. The Labute approximate surface area is 153 Å². The summed E-state index contributed by atoms with van der Waals surface area (Å²) in [5.41, 5.74) is 0.292. The SMILES string of the molecule is COc1cccc(C(NC(=O)CNC(=O)C(C)(C)C)c2nccn2C)c1. The van der Waals surface area contributed by atoms with E-state index in [1.54, 1.807) is 34.1 Å². The maximum Gasteiger partial charge on any atom is 0.240 e. The van der Waals surface area contributed by atoms with Gasteiger partial charge in [0.2, 0.25) is 11.8 Å². The van der Waals surface area contributed by atoms with Crippen molar-refractivity contribution in [1.82, 2.24) is 20.2 Å². The van der Waals surface area contributed by atoms with Crippen LogP contribution in [0.5, 0.6) is 5.75 Å². The molecule has 0 bridgehead atoms. The van der Waals surface area contributed by atoms with Crippen LogP contribution in [0.1, 0.15) is 38.2 Å². The molecule has 0 radical (unpaired) electrons. The lowest BCUT2D eigenvalue weighted by molar-refractivity contribution is -0.131. The molecule has 0 spiro atoms. The van der Waals surface area contributed by atoms with Crippen LogP contribution in [-0.4, -0.2) is 35.0 Å². The molecule has 7 heteroatoms. The van der Waals surface area contributed by atoms with E-state index in [9.17, 15) is 9.59 Å². The summed E-state index contributed by atoms with van der Waals surface area (Å²) in [6.45, 7) is 5.30. The van der Waals surface area contributed by atoms with Crippen LogP contribution < -0.4 is 15.4 Å². The molecule has 0 fully saturated rings. The third kappa shape index (κ3) is 4.84. The lowest BCUT2D eigenvalue weighted by atomic mass is 9.96. The number of methoxy groups -OCH3 is 1. The number of nitrogens with one attached hydrogen (secondary N) is 2. The Kier molecular flexibility index (Phi) is 6.02. The van der Waals surface area contributed by atoms with E-state index in [0.717, 1.165) is 5.56 Å². The highest BCUT2D eigenvalue weighted by atomic mass is 16.5. The van der Waals surface area contributed by atoms with Crippen molar-refractivity contribution in [2.24, 2.45) is 12.5 Å². The number of amides is 2. The summed E-state index contributed by atoms with van der Waals surface area (Å²) < 4.78 is 7.12. The molecule has 1 aromatic carbocycles. The number of rotatable bonds is 6. The van der Waals surface area contributed by atoms with E-state index >= 15 is 0 Å². The third-order valence-corrected chi connectivity index (χ3v) is 3.94. The molecule has 26 heavy (non-hydrogen) atoms. The second-order valence-electron chi connectivity index (χ2n) is 7.11. The number of imidazole rings is 1. The third-order valence-electron chi connectivity index (χ3n) is 3.94. The first-order chi connectivity index (χ1) is 12.2. The van der Waals surface area contributed by atoms with E-state index in [1.165, 1.54) is 0 Å². The van der Waals surface area contributed by atoms with Crippen LogP contribution in [0.2, 0.25) is 0 Å². The number of aromatic nitrogens is 2. The van der Waals surface area contributed by atoms with Gasteiger partial charge in [-0.1, -0.05) is 32.9 Å². The van der Waals surface area contributed by atoms with Gasteiger partial charge in [-0.05, 0) is 17.7 Å². The van der Waals surface area contributed by atoms with Crippen LogP contribution in [-0.2, 0) is 16.6 Å². The van der Waals surface area contributed by atoms with Gasteiger partial charge in [0, 0.05) is 24.9 Å². The zero-order chi connectivity index (χ0) is 19.3. The van der Waals surface area contributed by atoms with E-state index in [2.05, 4.69) is 15.6 Å². The van der Waals surface area contributed by atoms with Crippen molar-refractivity contribution in [2.45, 2.75) is 26.8 Å². The van der Waals surface area contributed by atoms with Gasteiger partial charge in [0.05, 0.1) is 13.7 Å². The molecule has 0 aliphatic heterocycles. The molecule has 1 unspecified atom stereocenters. The molecular formula is C19H26N4O3. The monoisotopic (exact) mass is 358 g/mol. The minimum Gasteiger partial charge on any atom is -0.497 e. The number of ether oxygens (including phenoxy) is 1.